The Morgan fingerprint density at radius 2 is 1.67 bits per heavy atom. The van der Waals surface area contributed by atoms with E-state index in [1.54, 1.807) is 23.6 Å². The summed E-state index contributed by atoms with van der Waals surface area (Å²) in [6.07, 6.45) is 1.87. The number of hydrogen-bond acceptors (Lipinski definition) is 5. The first-order chi connectivity index (χ1) is 20.4. The summed E-state index contributed by atoms with van der Waals surface area (Å²) in [7, 11) is 0. The van der Waals surface area contributed by atoms with Gasteiger partial charge in [0.15, 0.2) is 4.80 Å². The summed E-state index contributed by atoms with van der Waals surface area (Å²) < 4.78 is 23.2. The summed E-state index contributed by atoms with van der Waals surface area (Å²) in [4.78, 5) is 33.1. The lowest BCUT2D eigenvalue weighted by molar-refractivity contribution is -0.138. The molecule has 0 spiro atoms. The Morgan fingerprint density at radius 1 is 1.00 bits per heavy atom. The van der Waals surface area contributed by atoms with E-state index in [2.05, 4.69) is 0 Å². The SMILES string of the molecule is CCOC(=O)C1=C(c2ccccc2)N=c2sc(=Cc3cc(C)n(-c4ccc(F)cc4)c3C)c(=O)n2C1c1ccccc1. The molecule has 0 fully saturated rings. The highest BCUT2D eigenvalue weighted by atomic mass is 32.1. The second-order valence-electron chi connectivity index (χ2n) is 9.98. The van der Waals surface area contributed by atoms with Gasteiger partial charge in [-0.05, 0) is 68.3 Å². The Kier molecular flexibility index (Phi) is 7.31. The van der Waals surface area contributed by atoms with E-state index < -0.39 is 12.0 Å². The van der Waals surface area contributed by atoms with Gasteiger partial charge >= 0.3 is 5.97 Å². The zero-order valence-corrected chi connectivity index (χ0v) is 24.2. The van der Waals surface area contributed by atoms with Crippen molar-refractivity contribution in [1.29, 1.82) is 0 Å². The van der Waals surface area contributed by atoms with Crippen molar-refractivity contribution in [3.8, 4) is 5.69 Å². The van der Waals surface area contributed by atoms with Gasteiger partial charge in [-0.15, -0.1) is 0 Å². The fourth-order valence-electron chi connectivity index (χ4n) is 5.45. The van der Waals surface area contributed by atoms with Gasteiger partial charge in [-0.2, -0.15) is 0 Å². The molecule has 0 saturated heterocycles. The second kappa shape index (κ2) is 11.2. The molecule has 6 nitrogen and oxygen atoms in total. The highest BCUT2D eigenvalue weighted by molar-refractivity contribution is 7.07. The van der Waals surface area contributed by atoms with Crippen LogP contribution in [-0.4, -0.2) is 21.7 Å². The normalized spacial score (nSPS) is 15.0. The Labute approximate surface area is 246 Å². The number of halogens is 1. The first-order valence-corrected chi connectivity index (χ1v) is 14.5. The highest BCUT2D eigenvalue weighted by Gasteiger charge is 2.35. The number of aryl methyl sites for hydroxylation is 1. The van der Waals surface area contributed by atoms with Crippen molar-refractivity contribution in [2.24, 2.45) is 4.99 Å². The van der Waals surface area contributed by atoms with Crippen LogP contribution in [0.2, 0.25) is 0 Å². The number of benzene rings is 3. The average Bonchev–Trinajstić information content (AvgIpc) is 3.47. The molecule has 0 bridgehead atoms. The van der Waals surface area contributed by atoms with Crippen LogP contribution in [0.4, 0.5) is 4.39 Å². The number of rotatable bonds is 6. The van der Waals surface area contributed by atoms with E-state index in [0.29, 0.717) is 20.6 Å². The molecule has 8 heteroatoms. The highest BCUT2D eigenvalue weighted by Crippen LogP contribution is 2.35. The van der Waals surface area contributed by atoms with Crippen molar-refractivity contribution in [2.75, 3.05) is 6.61 Å². The molecule has 210 valence electrons. The number of carbonyl (C=O) groups is 1. The number of hydrogen-bond donors (Lipinski definition) is 0. The summed E-state index contributed by atoms with van der Waals surface area (Å²) in [6, 6.07) is 26.6. The lowest BCUT2D eigenvalue weighted by Gasteiger charge is -2.25. The molecule has 1 aliphatic heterocycles. The topological polar surface area (TPSA) is 65.6 Å². The van der Waals surface area contributed by atoms with Gasteiger partial charge < -0.3 is 9.30 Å². The predicted molar refractivity (Wildman–Crippen MR) is 163 cm³/mol. The summed E-state index contributed by atoms with van der Waals surface area (Å²) in [6.45, 7) is 5.90. The standard InChI is InChI=1S/C34H28FN3O3S/c1-4-41-33(40)29-30(23-11-7-5-8-12-23)36-34-38(31(29)24-13-9-6-10-14-24)32(39)28(42-34)20-25-19-21(2)37(22(25)3)27-17-15-26(35)16-18-27/h5-20,31H,4H2,1-3H3. The minimum atomic E-state index is -0.717. The molecule has 1 atom stereocenters. The Balaban J connectivity index is 1.59. The van der Waals surface area contributed by atoms with E-state index in [0.717, 1.165) is 33.8 Å². The predicted octanol–water partition coefficient (Wildman–Crippen LogP) is 5.48. The van der Waals surface area contributed by atoms with E-state index in [1.807, 2.05) is 91.2 Å². The summed E-state index contributed by atoms with van der Waals surface area (Å²) in [5, 5.41) is 0. The van der Waals surface area contributed by atoms with Crippen LogP contribution in [0.25, 0.3) is 17.5 Å². The third-order valence-electron chi connectivity index (χ3n) is 7.33. The van der Waals surface area contributed by atoms with Gasteiger partial charge in [0, 0.05) is 22.6 Å². The molecule has 0 amide bonds. The fourth-order valence-corrected chi connectivity index (χ4v) is 6.45. The van der Waals surface area contributed by atoms with Crippen LogP contribution in [0.3, 0.4) is 0 Å². The van der Waals surface area contributed by atoms with Crippen LogP contribution >= 0.6 is 11.3 Å². The van der Waals surface area contributed by atoms with Gasteiger partial charge in [-0.1, -0.05) is 72.0 Å². The molecular formula is C34H28FN3O3S. The van der Waals surface area contributed by atoms with Crippen LogP contribution in [-0.2, 0) is 9.53 Å². The van der Waals surface area contributed by atoms with Gasteiger partial charge in [0.25, 0.3) is 5.56 Å². The Hall–Kier alpha value is -4.82. The summed E-state index contributed by atoms with van der Waals surface area (Å²) in [5.41, 5.74) is 5.70. The zero-order chi connectivity index (χ0) is 29.4. The Morgan fingerprint density at radius 3 is 2.33 bits per heavy atom. The van der Waals surface area contributed by atoms with Crippen LogP contribution in [0.1, 0.15) is 41.0 Å². The van der Waals surface area contributed by atoms with E-state index in [9.17, 15) is 14.0 Å². The van der Waals surface area contributed by atoms with Gasteiger partial charge in [0.1, 0.15) is 5.82 Å². The first kappa shape index (κ1) is 27.4. The molecule has 5 aromatic rings. The van der Waals surface area contributed by atoms with Gasteiger partial charge in [-0.3, -0.25) is 9.36 Å². The lowest BCUT2D eigenvalue weighted by Crippen LogP contribution is -2.40. The molecule has 6 rings (SSSR count). The number of nitrogens with zero attached hydrogens (tertiary/aromatic N) is 3. The molecule has 0 saturated carbocycles. The summed E-state index contributed by atoms with van der Waals surface area (Å²) >= 11 is 1.29. The molecule has 3 heterocycles. The van der Waals surface area contributed by atoms with Gasteiger partial charge in [-0.25, -0.2) is 14.2 Å². The van der Waals surface area contributed by atoms with Gasteiger partial charge in [0.05, 0.1) is 28.5 Å². The maximum absolute atomic E-state index is 14.1. The number of thiazole rings is 1. The van der Waals surface area contributed by atoms with Gasteiger partial charge in [0.2, 0.25) is 0 Å². The number of ether oxygens (including phenoxy) is 1. The summed E-state index contributed by atoms with van der Waals surface area (Å²) in [5.74, 6) is -0.807. The van der Waals surface area contributed by atoms with E-state index in [4.69, 9.17) is 9.73 Å². The molecule has 2 aromatic heterocycles. The first-order valence-electron chi connectivity index (χ1n) is 13.7. The van der Waals surface area contributed by atoms with Crippen molar-refractivity contribution in [3.63, 3.8) is 0 Å². The monoisotopic (exact) mass is 577 g/mol. The average molecular weight is 578 g/mol. The van der Waals surface area contributed by atoms with E-state index in [1.165, 1.54) is 23.5 Å². The third-order valence-corrected chi connectivity index (χ3v) is 8.31. The van der Waals surface area contributed by atoms with Crippen molar-refractivity contribution in [2.45, 2.75) is 26.8 Å². The fraction of sp³-hybridized carbons (Fsp3) is 0.147. The number of aromatic nitrogens is 2. The molecule has 42 heavy (non-hydrogen) atoms. The number of fused-ring (bicyclic) bond motifs is 1. The lowest BCUT2D eigenvalue weighted by atomic mass is 9.93. The van der Waals surface area contributed by atoms with E-state index >= 15 is 0 Å². The zero-order valence-electron chi connectivity index (χ0n) is 23.4. The van der Waals surface area contributed by atoms with Crippen LogP contribution in [0, 0.1) is 19.7 Å². The van der Waals surface area contributed by atoms with Crippen molar-refractivity contribution < 1.29 is 13.9 Å². The molecular weight excluding hydrogens is 549 g/mol. The minimum Gasteiger partial charge on any atom is -0.463 e. The molecule has 0 N–H and O–H groups in total. The van der Waals surface area contributed by atoms with Crippen LogP contribution in [0.15, 0.2) is 106 Å². The largest absolute Gasteiger partial charge is 0.463 e. The van der Waals surface area contributed by atoms with Crippen molar-refractivity contribution in [1.82, 2.24) is 9.13 Å². The minimum absolute atomic E-state index is 0.194. The van der Waals surface area contributed by atoms with Crippen LogP contribution < -0.4 is 14.9 Å². The third kappa shape index (κ3) is 4.84. The van der Waals surface area contributed by atoms with E-state index in [-0.39, 0.29) is 18.0 Å². The maximum Gasteiger partial charge on any atom is 0.338 e. The Bertz CT molecular complexity index is 2000. The van der Waals surface area contributed by atoms with Crippen LogP contribution in [0.5, 0.6) is 0 Å². The maximum atomic E-state index is 14.1. The quantitative estimate of drug-likeness (QED) is 0.251. The molecule has 3 aromatic carbocycles. The molecule has 0 aliphatic carbocycles. The number of carbonyl (C=O) groups excluding carboxylic acids is 1. The smallest absolute Gasteiger partial charge is 0.338 e. The van der Waals surface area contributed by atoms with Crippen molar-refractivity contribution in [3.05, 3.63) is 150 Å². The second-order valence-corrected chi connectivity index (χ2v) is 11.0. The molecule has 0 radical (unpaired) electrons. The number of esters is 1. The van der Waals surface area contributed by atoms with Crippen molar-refractivity contribution >= 4 is 29.1 Å². The molecule has 1 aliphatic rings. The molecule has 1 unspecified atom stereocenters.